The molecular formula is C24H21ClN4O3. The van der Waals surface area contributed by atoms with Crippen molar-refractivity contribution in [2.24, 2.45) is 0 Å². The third kappa shape index (κ3) is 3.83. The molecule has 0 bridgehead atoms. The van der Waals surface area contributed by atoms with Gasteiger partial charge in [-0.25, -0.2) is 18.9 Å². The number of anilines is 1. The van der Waals surface area contributed by atoms with Gasteiger partial charge in [0, 0.05) is 16.4 Å². The van der Waals surface area contributed by atoms with E-state index in [1.807, 2.05) is 6.07 Å². The molecule has 0 fully saturated rings. The second-order valence-electron chi connectivity index (χ2n) is 7.58. The van der Waals surface area contributed by atoms with E-state index >= 15 is 0 Å². The fourth-order valence-electron chi connectivity index (χ4n) is 3.70. The number of amides is 1. The largest absolute Gasteiger partial charge is 0.337 e. The summed E-state index contributed by atoms with van der Waals surface area (Å²) in [6.45, 7) is 4.93. The van der Waals surface area contributed by atoms with Gasteiger partial charge in [0.1, 0.15) is 6.54 Å². The maximum atomic E-state index is 13.4. The fraction of sp³-hybridized carbons (Fsp3) is 0.167. The number of pyridine rings is 1. The van der Waals surface area contributed by atoms with Crippen molar-refractivity contribution in [3.8, 4) is 5.69 Å². The van der Waals surface area contributed by atoms with Crippen LogP contribution in [0.2, 0.25) is 5.02 Å². The summed E-state index contributed by atoms with van der Waals surface area (Å²) in [5.74, 6) is -0.508. The molecule has 4 aromatic rings. The van der Waals surface area contributed by atoms with Gasteiger partial charge in [-0.05, 0) is 62.2 Å². The number of nitrogens with zero attached hydrogens (tertiary/aromatic N) is 3. The van der Waals surface area contributed by atoms with E-state index in [-0.39, 0.29) is 5.65 Å². The summed E-state index contributed by atoms with van der Waals surface area (Å²) in [6, 6.07) is 15.8. The second kappa shape index (κ2) is 8.43. The molecule has 0 spiro atoms. The third-order valence-corrected chi connectivity index (χ3v) is 5.69. The van der Waals surface area contributed by atoms with Gasteiger partial charge in [0.15, 0.2) is 5.65 Å². The summed E-state index contributed by atoms with van der Waals surface area (Å²) in [7, 11) is 0. The number of fused-ring (bicyclic) bond motifs is 1. The van der Waals surface area contributed by atoms with Gasteiger partial charge in [-0.1, -0.05) is 35.9 Å². The van der Waals surface area contributed by atoms with E-state index in [0.29, 0.717) is 38.6 Å². The van der Waals surface area contributed by atoms with Gasteiger partial charge in [-0.15, -0.1) is 0 Å². The molecule has 32 heavy (non-hydrogen) atoms. The van der Waals surface area contributed by atoms with E-state index in [0.717, 1.165) is 4.57 Å². The summed E-state index contributed by atoms with van der Waals surface area (Å²) < 4.78 is 2.31. The Balaban J connectivity index is 1.89. The van der Waals surface area contributed by atoms with Crippen molar-refractivity contribution >= 4 is 34.2 Å². The molecule has 0 aliphatic carbocycles. The van der Waals surface area contributed by atoms with Crippen LogP contribution in [0, 0.1) is 20.8 Å². The zero-order valence-electron chi connectivity index (χ0n) is 17.8. The Labute approximate surface area is 188 Å². The first kappa shape index (κ1) is 21.5. The molecule has 0 radical (unpaired) electrons. The van der Waals surface area contributed by atoms with E-state index in [1.165, 1.54) is 4.57 Å². The predicted octanol–water partition coefficient (Wildman–Crippen LogP) is 3.76. The van der Waals surface area contributed by atoms with E-state index in [9.17, 15) is 14.4 Å². The lowest BCUT2D eigenvalue weighted by molar-refractivity contribution is -0.116. The van der Waals surface area contributed by atoms with Gasteiger partial charge >= 0.3 is 5.69 Å². The lowest BCUT2D eigenvalue weighted by Crippen LogP contribution is -2.42. The van der Waals surface area contributed by atoms with Crippen LogP contribution in [0.3, 0.4) is 0 Å². The Morgan fingerprint density at radius 1 is 1.03 bits per heavy atom. The summed E-state index contributed by atoms with van der Waals surface area (Å²) in [4.78, 5) is 44.0. The highest BCUT2D eigenvalue weighted by Gasteiger charge is 2.19. The standard InChI is InChI=1S/C24H21ClN4O3/c1-14-12-15(2)26-22-21(14)23(31)28(24(32)29(22)17-8-5-4-6-9-17)13-20(30)27-19-11-7-10-18(25)16(19)3/h4-12H,13H2,1-3H3,(H,27,30). The molecule has 0 aliphatic heterocycles. The van der Waals surface area contributed by atoms with Crippen LogP contribution >= 0.6 is 11.6 Å². The minimum Gasteiger partial charge on any atom is -0.324 e. The molecule has 0 atom stereocenters. The van der Waals surface area contributed by atoms with E-state index < -0.39 is 23.7 Å². The predicted molar refractivity (Wildman–Crippen MR) is 126 cm³/mol. The highest BCUT2D eigenvalue weighted by Crippen LogP contribution is 2.23. The number of hydrogen-bond donors (Lipinski definition) is 1. The van der Waals surface area contributed by atoms with Crippen LogP contribution < -0.4 is 16.6 Å². The minimum absolute atomic E-state index is 0.269. The van der Waals surface area contributed by atoms with Crippen molar-refractivity contribution in [2.45, 2.75) is 27.3 Å². The van der Waals surface area contributed by atoms with Gasteiger partial charge in [-0.3, -0.25) is 9.59 Å². The molecule has 2 aromatic carbocycles. The van der Waals surface area contributed by atoms with Gasteiger partial charge in [0.05, 0.1) is 11.1 Å². The molecule has 0 unspecified atom stereocenters. The van der Waals surface area contributed by atoms with Crippen LogP contribution in [0.15, 0.2) is 64.2 Å². The lowest BCUT2D eigenvalue weighted by atomic mass is 10.1. The molecule has 2 heterocycles. The summed E-state index contributed by atoms with van der Waals surface area (Å²) in [5.41, 5.74) is 2.22. The third-order valence-electron chi connectivity index (χ3n) is 5.28. The number of carbonyl (C=O) groups is 1. The number of carbonyl (C=O) groups excluding carboxylic acids is 1. The maximum Gasteiger partial charge on any atom is 0.337 e. The second-order valence-corrected chi connectivity index (χ2v) is 7.99. The first-order valence-corrected chi connectivity index (χ1v) is 10.4. The molecule has 0 saturated heterocycles. The van der Waals surface area contributed by atoms with Crippen LogP contribution in [0.1, 0.15) is 16.8 Å². The number of aryl methyl sites for hydroxylation is 2. The molecule has 162 valence electrons. The number of rotatable bonds is 4. The molecule has 2 aromatic heterocycles. The molecular weight excluding hydrogens is 428 g/mol. The lowest BCUT2D eigenvalue weighted by Gasteiger charge is -2.15. The van der Waals surface area contributed by atoms with Crippen LogP contribution in [0.4, 0.5) is 5.69 Å². The van der Waals surface area contributed by atoms with Crippen molar-refractivity contribution in [3.63, 3.8) is 0 Å². The SMILES string of the molecule is Cc1cc(C)c2c(=O)n(CC(=O)Nc3cccc(Cl)c3C)c(=O)n(-c3ccccc3)c2n1. The Morgan fingerprint density at radius 3 is 2.47 bits per heavy atom. The number of aromatic nitrogens is 3. The zero-order chi connectivity index (χ0) is 23.0. The topological polar surface area (TPSA) is 86.0 Å². The Morgan fingerprint density at radius 2 is 1.75 bits per heavy atom. The van der Waals surface area contributed by atoms with E-state index in [4.69, 9.17) is 11.6 Å². The summed E-state index contributed by atoms with van der Waals surface area (Å²) >= 11 is 6.13. The Bertz CT molecular complexity index is 1470. The fourth-order valence-corrected chi connectivity index (χ4v) is 3.88. The Hall–Kier alpha value is -3.71. The number of benzene rings is 2. The van der Waals surface area contributed by atoms with Crippen molar-refractivity contribution < 1.29 is 4.79 Å². The average Bonchev–Trinajstić information content (AvgIpc) is 2.75. The normalized spacial score (nSPS) is 11.0. The first-order chi connectivity index (χ1) is 15.3. The van der Waals surface area contributed by atoms with Gasteiger partial charge in [-0.2, -0.15) is 0 Å². The van der Waals surface area contributed by atoms with Gasteiger partial charge in [0.25, 0.3) is 5.56 Å². The maximum absolute atomic E-state index is 13.4. The van der Waals surface area contributed by atoms with Crippen molar-refractivity contribution in [1.29, 1.82) is 0 Å². The number of halogens is 1. The van der Waals surface area contributed by atoms with Crippen LogP contribution in [-0.4, -0.2) is 20.0 Å². The van der Waals surface area contributed by atoms with Crippen molar-refractivity contribution in [2.75, 3.05) is 5.32 Å². The average molecular weight is 449 g/mol. The van der Waals surface area contributed by atoms with Gasteiger partial charge < -0.3 is 5.32 Å². The highest BCUT2D eigenvalue weighted by atomic mass is 35.5. The van der Waals surface area contributed by atoms with Crippen LogP contribution in [-0.2, 0) is 11.3 Å². The van der Waals surface area contributed by atoms with Gasteiger partial charge in [0.2, 0.25) is 5.91 Å². The zero-order valence-corrected chi connectivity index (χ0v) is 18.6. The molecule has 0 saturated carbocycles. The molecule has 7 nitrogen and oxygen atoms in total. The quantitative estimate of drug-likeness (QED) is 0.515. The smallest absolute Gasteiger partial charge is 0.324 e. The van der Waals surface area contributed by atoms with E-state index in [1.54, 1.807) is 69.3 Å². The van der Waals surface area contributed by atoms with Crippen molar-refractivity contribution in [1.82, 2.24) is 14.1 Å². The van der Waals surface area contributed by atoms with Crippen molar-refractivity contribution in [3.05, 3.63) is 97.3 Å². The minimum atomic E-state index is -0.635. The summed E-state index contributed by atoms with van der Waals surface area (Å²) in [6.07, 6.45) is 0. The van der Waals surface area contributed by atoms with Crippen LogP contribution in [0.25, 0.3) is 16.7 Å². The molecule has 1 amide bonds. The molecule has 4 rings (SSSR count). The summed E-state index contributed by atoms with van der Waals surface area (Å²) in [5, 5.41) is 3.54. The molecule has 0 aliphatic rings. The van der Waals surface area contributed by atoms with Crippen LogP contribution in [0.5, 0.6) is 0 Å². The molecule has 1 N–H and O–H groups in total. The first-order valence-electron chi connectivity index (χ1n) is 10.0. The number of para-hydroxylation sites is 1. The highest BCUT2D eigenvalue weighted by molar-refractivity contribution is 6.31. The Kier molecular flexibility index (Phi) is 5.67. The molecule has 8 heteroatoms. The van der Waals surface area contributed by atoms with E-state index in [2.05, 4.69) is 10.3 Å². The monoisotopic (exact) mass is 448 g/mol. The number of nitrogens with one attached hydrogen (secondary N) is 1. The number of hydrogen-bond acceptors (Lipinski definition) is 4.